The summed E-state index contributed by atoms with van der Waals surface area (Å²) in [5.74, 6) is 2.05. The summed E-state index contributed by atoms with van der Waals surface area (Å²) in [6, 6.07) is 16.1. The van der Waals surface area contributed by atoms with Crippen LogP contribution in [0.4, 0.5) is 0 Å². The number of nitrogens with zero attached hydrogens (tertiary/aromatic N) is 2. The molecule has 0 aliphatic heterocycles. The molecular formula is C19H21N3O2. The van der Waals surface area contributed by atoms with Crippen LogP contribution in [0.5, 0.6) is 5.75 Å². The van der Waals surface area contributed by atoms with Crippen molar-refractivity contribution in [1.82, 2.24) is 15.5 Å². The minimum absolute atomic E-state index is 0.565. The van der Waals surface area contributed by atoms with Gasteiger partial charge in [0.25, 0.3) is 0 Å². The highest BCUT2D eigenvalue weighted by Gasteiger charge is 2.09. The molecule has 1 aromatic heterocycles. The molecule has 0 aliphatic carbocycles. The third-order valence-corrected chi connectivity index (χ3v) is 3.87. The fourth-order valence-corrected chi connectivity index (χ4v) is 2.47. The predicted molar refractivity (Wildman–Crippen MR) is 92.9 cm³/mol. The quantitative estimate of drug-likeness (QED) is 0.675. The molecule has 124 valence electrons. The van der Waals surface area contributed by atoms with Crippen LogP contribution < -0.4 is 10.1 Å². The molecule has 0 saturated heterocycles. The Morgan fingerprint density at radius 3 is 2.58 bits per heavy atom. The largest absolute Gasteiger partial charge is 0.497 e. The molecule has 0 bridgehead atoms. The standard InChI is InChI=1S/C19H21N3O2/c1-14-5-3-4-6-17(14)19-22-21-18(24-19)13-20-12-11-15-7-9-16(23-2)10-8-15/h3-10,20H,11-13H2,1-2H3. The third kappa shape index (κ3) is 4.00. The molecule has 0 amide bonds. The van der Waals surface area contributed by atoms with Crippen molar-refractivity contribution in [1.29, 1.82) is 0 Å². The van der Waals surface area contributed by atoms with Crippen LogP contribution in [-0.2, 0) is 13.0 Å². The number of benzene rings is 2. The van der Waals surface area contributed by atoms with Gasteiger partial charge in [-0.1, -0.05) is 30.3 Å². The minimum atomic E-state index is 0.565. The molecule has 0 fully saturated rings. The van der Waals surface area contributed by atoms with Crippen molar-refractivity contribution in [3.63, 3.8) is 0 Å². The van der Waals surface area contributed by atoms with Gasteiger partial charge in [-0.3, -0.25) is 0 Å². The zero-order valence-electron chi connectivity index (χ0n) is 14.0. The average molecular weight is 323 g/mol. The summed E-state index contributed by atoms with van der Waals surface area (Å²) < 4.78 is 10.9. The Bertz CT molecular complexity index is 781. The number of rotatable bonds is 7. The molecule has 0 unspecified atom stereocenters. The molecule has 24 heavy (non-hydrogen) atoms. The summed E-state index contributed by atoms with van der Waals surface area (Å²) in [5.41, 5.74) is 3.36. The van der Waals surface area contributed by atoms with Crippen LogP contribution >= 0.6 is 0 Å². The maximum absolute atomic E-state index is 5.73. The highest BCUT2D eigenvalue weighted by Crippen LogP contribution is 2.21. The summed E-state index contributed by atoms with van der Waals surface area (Å²) in [6.45, 7) is 3.44. The fraction of sp³-hybridized carbons (Fsp3) is 0.263. The van der Waals surface area contributed by atoms with Gasteiger partial charge in [0.1, 0.15) is 5.75 Å². The second kappa shape index (κ2) is 7.75. The number of hydrogen-bond acceptors (Lipinski definition) is 5. The Morgan fingerprint density at radius 2 is 1.83 bits per heavy atom. The van der Waals surface area contributed by atoms with Gasteiger partial charge < -0.3 is 14.5 Å². The van der Waals surface area contributed by atoms with E-state index in [1.807, 2.05) is 43.3 Å². The molecule has 0 aliphatic rings. The number of hydrogen-bond donors (Lipinski definition) is 1. The van der Waals surface area contributed by atoms with E-state index in [2.05, 4.69) is 27.6 Å². The van der Waals surface area contributed by atoms with Crippen LogP contribution in [-0.4, -0.2) is 23.9 Å². The van der Waals surface area contributed by atoms with Crippen LogP contribution in [0.25, 0.3) is 11.5 Å². The van der Waals surface area contributed by atoms with Gasteiger partial charge in [-0.05, 0) is 49.2 Å². The highest BCUT2D eigenvalue weighted by atomic mass is 16.5. The van der Waals surface area contributed by atoms with E-state index in [0.29, 0.717) is 18.3 Å². The molecule has 5 nitrogen and oxygen atoms in total. The molecule has 3 rings (SSSR count). The molecule has 2 aromatic carbocycles. The Morgan fingerprint density at radius 1 is 1.04 bits per heavy atom. The van der Waals surface area contributed by atoms with Crippen LogP contribution in [0.3, 0.4) is 0 Å². The number of aromatic nitrogens is 2. The van der Waals surface area contributed by atoms with Crippen LogP contribution in [0.2, 0.25) is 0 Å². The lowest BCUT2D eigenvalue weighted by Gasteiger charge is -2.04. The summed E-state index contributed by atoms with van der Waals surface area (Å²) >= 11 is 0. The first-order valence-corrected chi connectivity index (χ1v) is 7.98. The Hall–Kier alpha value is -2.66. The smallest absolute Gasteiger partial charge is 0.248 e. The zero-order valence-corrected chi connectivity index (χ0v) is 14.0. The van der Waals surface area contributed by atoms with Gasteiger partial charge in [0.05, 0.1) is 13.7 Å². The molecular weight excluding hydrogens is 302 g/mol. The number of nitrogens with one attached hydrogen (secondary N) is 1. The van der Waals surface area contributed by atoms with Crippen molar-refractivity contribution in [3.05, 3.63) is 65.5 Å². The van der Waals surface area contributed by atoms with Crippen LogP contribution in [0.15, 0.2) is 52.9 Å². The second-order valence-corrected chi connectivity index (χ2v) is 5.59. The van der Waals surface area contributed by atoms with Crippen molar-refractivity contribution in [3.8, 4) is 17.2 Å². The monoisotopic (exact) mass is 323 g/mol. The molecule has 0 radical (unpaired) electrons. The van der Waals surface area contributed by atoms with Gasteiger partial charge in [0.2, 0.25) is 11.8 Å². The third-order valence-electron chi connectivity index (χ3n) is 3.87. The van der Waals surface area contributed by atoms with E-state index in [-0.39, 0.29) is 0 Å². The van der Waals surface area contributed by atoms with E-state index in [1.54, 1.807) is 7.11 Å². The van der Waals surface area contributed by atoms with E-state index in [4.69, 9.17) is 9.15 Å². The maximum atomic E-state index is 5.73. The normalized spacial score (nSPS) is 10.8. The predicted octanol–water partition coefficient (Wildman–Crippen LogP) is 3.39. The highest BCUT2D eigenvalue weighted by molar-refractivity contribution is 5.57. The van der Waals surface area contributed by atoms with Gasteiger partial charge in [0, 0.05) is 5.56 Å². The van der Waals surface area contributed by atoms with Gasteiger partial charge >= 0.3 is 0 Å². The van der Waals surface area contributed by atoms with E-state index < -0.39 is 0 Å². The topological polar surface area (TPSA) is 60.2 Å². The Balaban J connectivity index is 1.50. The van der Waals surface area contributed by atoms with E-state index >= 15 is 0 Å². The average Bonchev–Trinajstić information content (AvgIpc) is 3.08. The fourth-order valence-electron chi connectivity index (χ4n) is 2.47. The zero-order chi connectivity index (χ0) is 16.8. The van der Waals surface area contributed by atoms with Crippen molar-refractivity contribution >= 4 is 0 Å². The SMILES string of the molecule is COc1ccc(CCNCc2nnc(-c3ccccc3C)o2)cc1. The first-order chi connectivity index (χ1) is 11.8. The summed E-state index contributed by atoms with van der Waals surface area (Å²) in [5, 5.41) is 11.6. The second-order valence-electron chi connectivity index (χ2n) is 5.59. The molecule has 0 saturated carbocycles. The molecule has 5 heteroatoms. The van der Waals surface area contributed by atoms with Crippen LogP contribution in [0, 0.1) is 6.92 Å². The van der Waals surface area contributed by atoms with Crippen molar-refractivity contribution in [2.75, 3.05) is 13.7 Å². The van der Waals surface area contributed by atoms with Crippen molar-refractivity contribution < 1.29 is 9.15 Å². The Labute approximate surface area is 141 Å². The van der Waals surface area contributed by atoms with Gasteiger partial charge in [-0.15, -0.1) is 10.2 Å². The summed E-state index contributed by atoms with van der Waals surface area (Å²) in [6.07, 6.45) is 0.933. The molecule has 0 spiro atoms. The lowest BCUT2D eigenvalue weighted by molar-refractivity contribution is 0.414. The molecule has 1 heterocycles. The maximum Gasteiger partial charge on any atom is 0.248 e. The van der Waals surface area contributed by atoms with Crippen molar-refractivity contribution in [2.45, 2.75) is 19.9 Å². The lowest BCUT2D eigenvalue weighted by Crippen LogP contribution is -2.16. The number of aryl methyl sites for hydroxylation is 1. The first kappa shape index (κ1) is 16.2. The molecule has 3 aromatic rings. The van der Waals surface area contributed by atoms with E-state index in [9.17, 15) is 0 Å². The Kier molecular flexibility index (Phi) is 5.23. The lowest BCUT2D eigenvalue weighted by atomic mass is 10.1. The van der Waals surface area contributed by atoms with Gasteiger partial charge in [-0.2, -0.15) is 0 Å². The number of methoxy groups -OCH3 is 1. The van der Waals surface area contributed by atoms with Gasteiger partial charge in [-0.25, -0.2) is 0 Å². The van der Waals surface area contributed by atoms with E-state index in [1.165, 1.54) is 5.56 Å². The first-order valence-electron chi connectivity index (χ1n) is 7.98. The van der Waals surface area contributed by atoms with Crippen molar-refractivity contribution in [2.24, 2.45) is 0 Å². The van der Waals surface area contributed by atoms with Crippen LogP contribution in [0.1, 0.15) is 17.0 Å². The summed E-state index contributed by atoms with van der Waals surface area (Å²) in [7, 11) is 1.67. The minimum Gasteiger partial charge on any atom is -0.497 e. The summed E-state index contributed by atoms with van der Waals surface area (Å²) in [4.78, 5) is 0. The van der Waals surface area contributed by atoms with Gasteiger partial charge in [0.15, 0.2) is 0 Å². The number of ether oxygens (including phenoxy) is 1. The van der Waals surface area contributed by atoms with E-state index in [0.717, 1.165) is 29.8 Å². The molecule has 0 atom stereocenters. The molecule has 1 N–H and O–H groups in total.